The zero-order valence-corrected chi connectivity index (χ0v) is 11.7. The van der Waals surface area contributed by atoms with Crippen molar-refractivity contribution >= 4 is 17.3 Å². The molecule has 0 heterocycles. The van der Waals surface area contributed by atoms with Gasteiger partial charge in [0.05, 0.1) is 11.5 Å². The van der Waals surface area contributed by atoms with Gasteiger partial charge in [-0.05, 0) is 32.8 Å². The van der Waals surface area contributed by atoms with Crippen molar-refractivity contribution in [3.05, 3.63) is 34.4 Å². The molecular weight excluding hydrogens is 258 g/mol. The van der Waals surface area contributed by atoms with Crippen molar-refractivity contribution in [3.63, 3.8) is 0 Å². The third kappa shape index (κ3) is 3.54. The highest BCUT2D eigenvalue weighted by atomic mass is 16.6. The molecule has 108 valence electrons. The lowest BCUT2D eigenvalue weighted by atomic mass is 10.2. The molecule has 6 heteroatoms. The highest BCUT2D eigenvalue weighted by molar-refractivity contribution is 5.94. The number of nitrogens with zero attached hydrogens (tertiary/aromatic N) is 2. The molecule has 0 aliphatic heterocycles. The summed E-state index contributed by atoms with van der Waals surface area (Å²) in [7, 11) is 0. The summed E-state index contributed by atoms with van der Waals surface area (Å²) in [5, 5.41) is 13.5. The summed E-state index contributed by atoms with van der Waals surface area (Å²) in [6.07, 6.45) is 2.24. The maximum absolute atomic E-state index is 12.1. The van der Waals surface area contributed by atoms with Crippen LogP contribution in [0, 0.1) is 10.1 Å². The van der Waals surface area contributed by atoms with Crippen LogP contribution in [-0.4, -0.2) is 34.4 Å². The summed E-state index contributed by atoms with van der Waals surface area (Å²) in [5.41, 5.74) is 0.172. The number of para-hydroxylation sites is 2. The molecule has 1 fully saturated rings. The molecule has 1 aromatic carbocycles. The topological polar surface area (TPSA) is 75.5 Å². The number of rotatable bonds is 6. The number of hydrogen-bond acceptors (Lipinski definition) is 4. The second-order valence-corrected chi connectivity index (χ2v) is 5.32. The van der Waals surface area contributed by atoms with Gasteiger partial charge in [0.1, 0.15) is 5.69 Å². The number of nitro benzene ring substituents is 1. The van der Waals surface area contributed by atoms with E-state index in [1.165, 1.54) is 6.07 Å². The third-order valence-corrected chi connectivity index (χ3v) is 3.38. The minimum atomic E-state index is -0.489. The molecule has 0 spiro atoms. The van der Waals surface area contributed by atoms with Crippen LogP contribution < -0.4 is 5.32 Å². The van der Waals surface area contributed by atoms with Gasteiger partial charge in [0.15, 0.2) is 0 Å². The highest BCUT2D eigenvalue weighted by Gasteiger charge is 2.32. The van der Waals surface area contributed by atoms with Gasteiger partial charge in [-0.2, -0.15) is 0 Å². The van der Waals surface area contributed by atoms with Gasteiger partial charge in [-0.3, -0.25) is 19.8 Å². The molecule has 0 saturated heterocycles. The van der Waals surface area contributed by atoms with E-state index in [0.717, 1.165) is 12.8 Å². The zero-order chi connectivity index (χ0) is 14.7. The van der Waals surface area contributed by atoms with Gasteiger partial charge in [-0.15, -0.1) is 0 Å². The van der Waals surface area contributed by atoms with Crippen LogP contribution in [0.2, 0.25) is 0 Å². The molecule has 0 unspecified atom stereocenters. The van der Waals surface area contributed by atoms with Crippen LogP contribution in [0.3, 0.4) is 0 Å². The fourth-order valence-corrected chi connectivity index (χ4v) is 2.23. The van der Waals surface area contributed by atoms with Gasteiger partial charge in [-0.1, -0.05) is 12.1 Å². The van der Waals surface area contributed by atoms with Crippen molar-refractivity contribution in [2.45, 2.75) is 38.8 Å². The van der Waals surface area contributed by atoms with Crippen molar-refractivity contribution < 1.29 is 9.72 Å². The molecule has 1 saturated carbocycles. The van der Waals surface area contributed by atoms with E-state index in [1.54, 1.807) is 18.2 Å². The van der Waals surface area contributed by atoms with Crippen LogP contribution >= 0.6 is 0 Å². The Balaban J connectivity index is 2.02. The largest absolute Gasteiger partial charge is 0.319 e. The Kier molecular flexibility index (Phi) is 4.34. The number of nitrogens with one attached hydrogen (secondary N) is 1. The average molecular weight is 277 g/mol. The summed E-state index contributed by atoms with van der Waals surface area (Å²) in [6, 6.07) is 6.96. The third-order valence-electron chi connectivity index (χ3n) is 3.38. The lowest BCUT2D eigenvalue weighted by molar-refractivity contribution is -0.383. The number of benzene rings is 1. The predicted molar refractivity (Wildman–Crippen MR) is 76.6 cm³/mol. The molecule has 1 aliphatic rings. The van der Waals surface area contributed by atoms with E-state index in [4.69, 9.17) is 0 Å². The summed E-state index contributed by atoms with van der Waals surface area (Å²) >= 11 is 0. The molecule has 1 amide bonds. The number of amides is 1. The molecule has 1 aromatic rings. The van der Waals surface area contributed by atoms with Gasteiger partial charge >= 0.3 is 0 Å². The first-order chi connectivity index (χ1) is 9.49. The Bertz CT molecular complexity index is 510. The van der Waals surface area contributed by atoms with Crippen LogP contribution in [0.25, 0.3) is 0 Å². The Hall–Kier alpha value is -1.95. The number of hydrogen-bond donors (Lipinski definition) is 1. The van der Waals surface area contributed by atoms with Crippen molar-refractivity contribution in [2.24, 2.45) is 0 Å². The Labute approximate surface area is 117 Å². The number of anilines is 1. The SMILES string of the molecule is CC(C)N(CC(=O)Nc1ccccc1[N+](=O)[O-])C1CC1. The summed E-state index contributed by atoms with van der Waals surface area (Å²) in [6.45, 7) is 4.38. The van der Waals surface area contributed by atoms with Crippen LogP contribution in [0.4, 0.5) is 11.4 Å². The lowest BCUT2D eigenvalue weighted by Gasteiger charge is -2.25. The van der Waals surface area contributed by atoms with E-state index in [2.05, 4.69) is 24.1 Å². The Morgan fingerprint density at radius 1 is 1.45 bits per heavy atom. The summed E-state index contributed by atoms with van der Waals surface area (Å²) < 4.78 is 0. The second-order valence-electron chi connectivity index (χ2n) is 5.32. The molecule has 1 N–H and O–H groups in total. The first-order valence-electron chi connectivity index (χ1n) is 6.78. The minimum Gasteiger partial charge on any atom is -0.319 e. The maximum atomic E-state index is 12.1. The van der Waals surface area contributed by atoms with Crippen LogP contribution in [0.5, 0.6) is 0 Å². The summed E-state index contributed by atoms with van der Waals surface area (Å²) in [4.78, 5) is 24.6. The van der Waals surface area contributed by atoms with E-state index in [0.29, 0.717) is 12.1 Å². The van der Waals surface area contributed by atoms with Gasteiger partial charge in [0.2, 0.25) is 5.91 Å². The number of nitro groups is 1. The molecule has 0 radical (unpaired) electrons. The van der Waals surface area contributed by atoms with E-state index in [-0.39, 0.29) is 23.8 Å². The van der Waals surface area contributed by atoms with E-state index < -0.39 is 4.92 Å². The average Bonchev–Trinajstić information content (AvgIpc) is 3.20. The molecule has 0 bridgehead atoms. The maximum Gasteiger partial charge on any atom is 0.292 e. The quantitative estimate of drug-likeness (QED) is 0.640. The van der Waals surface area contributed by atoms with Crippen molar-refractivity contribution in [1.29, 1.82) is 0 Å². The zero-order valence-electron chi connectivity index (χ0n) is 11.7. The Morgan fingerprint density at radius 2 is 2.10 bits per heavy atom. The molecule has 0 aromatic heterocycles. The smallest absolute Gasteiger partial charge is 0.292 e. The standard InChI is InChI=1S/C14H19N3O3/c1-10(2)16(11-7-8-11)9-14(18)15-12-5-3-4-6-13(12)17(19)20/h3-6,10-11H,7-9H2,1-2H3,(H,15,18). The van der Waals surface area contributed by atoms with Crippen LogP contribution in [0.1, 0.15) is 26.7 Å². The number of carbonyl (C=O) groups excluding carboxylic acids is 1. The monoisotopic (exact) mass is 277 g/mol. The first-order valence-corrected chi connectivity index (χ1v) is 6.78. The first kappa shape index (κ1) is 14.5. The van der Waals surface area contributed by atoms with Gasteiger partial charge in [0.25, 0.3) is 5.69 Å². The van der Waals surface area contributed by atoms with E-state index in [9.17, 15) is 14.9 Å². The minimum absolute atomic E-state index is 0.0802. The fraction of sp³-hybridized carbons (Fsp3) is 0.500. The predicted octanol–water partition coefficient (Wildman–Crippen LogP) is 2.41. The molecule has 6 nitrogen and oxygen atoms in total. The Morgan fingerprint density at radius 3 is 2.65 bits per heavy atom. The fourth-order valence-electron chi connectivity index (χ4n) is 2.23. The van der Waals surface area contributed by atoms with Crippen molar-refractivity contribution in [2.75, 3.05) is 11.9 Å². The molecule has 1 aliphatic carbocycles. The lowest BCUT2D eigenvalue weighted by Crippen LogP contribution is -2.39. The van der Waals surface area contributed by atoms with E-state index >= 15 is 0 Å². The molecule has 2 rings (SSSR count). The van der Waals surface area contributed by atoms with Gasteiger partial charge < -0.3 is 5.32 Å². The second kappa shape index (κ2) is 6.00. The normalized spacial score (nSPS) is 14.6. The number of carbonyl (C=O) groups is 1. The van der Waals surface area contributed by atoms with Gasteiger partial charge in [-0.25, -0.2) is 0 Å². The molecular formula is C14H19N3O3. The van der Waals surface area contributed by atoms with Crippen LogP contribution in [0.15, 0.2) is 24.3 Å². The van der Waals surface area contributed by atoms with Gasteiger partial charge in [0, 0.05) is 18.2 Å². The highest BCUT2D eigenvalue weighted by Crippen LogP contribution is 2.28. The van der Waals surface area contributed by atoms with E-state index in [1.807, 2.05) is 0 Å². The molecule has 0 atom stereocenters. The van der Waals surface area contributed by atoms with Crippen LogP contribution in [-0.2, 0) is 4.79 Å². The summed E-state index contributed by atoms with van der Waals surface area (Å²) in [5.74, 6) is -0.208. The van der Waals surface area contributed by atoms with Crippen molar-refractivity contribution in [3.8, 4) is 0 Å². The van der Waals surface area contributed by atoms with Crippen molar-refractivity contribution in [1.82, 2.24) is 4.90 Å². The molecule has 20 heavy (non-hydrogen) atoms.